The van der Waals surface area contributed by atoms with Crippen LogP contribution in [0.3, 0.4) is 0 Å². The number of nitrogens with zero attached hydrogens (tertiary/aromatic N) is 3. The number of rotatable bonds is 2. The fourth-order valence-corrected chi connectivity index (χ4v) is 3.98. The number of hydrogen-bond acceptors (Lipinski definition) is 5. The van der Waals surface area contributed by atoms with Gasteiger partial charge in [-0.05, 0) is 25.7 Å². The summed E-state index contributed by atoms with van der Waals surface area (Å²) in [5.41, 5.74) is 1.46. The summed E-state index contributed by atoms with van der Waals surface area (Å²) < 4.78 is 0. The van der Waals surface area contributed by atoms with Crippen LogP contribution in [0.1, 0.15) is 55.1 Å². The van der Waals surface area contributed by atoms with Gasteiger partial charge in [-0.1, -0.05) is 31.1 Å². The lowest BCUT2D eigenvalue weighted by Crippen LogP contribution is -2.10. The molecule has 1 N–H and O–H groups in total. The molecule has 5 heteroatoms. The second-order valence-corrected chi connectivity index (χ2v) is 6.55. The monoisotopic (exact) mass is 277 g/mol. The zero-order valence-electron chi connectivity index (χ0n) is 11.4. The summed E-state index contributed by atoms with van der Waals surface area (Å²) >= 11 is 1.68. The van der Waals surface area contributed by atoms with Gasteiger partial charge in [-0.3, -0.25) is 0 Å². The first-order valence-electron chi connectivity index (χ1n) is 6.92. The van der Waals surface area contributed by atoms with E-state index >= 15 is 0 Å². The molecule has 0 saturated heterocycles. The highest BCUT2D eigenvalue weighted by atomic mass is 32.1. The minimum absolute atomic E-state index is 0.0647. The van der Waals surface area contributed by atoms with E-state index in [9.17, 15) is 5.11 Å². The highest BCUT2D eigenvalue weighted by Gasteiger charge is 2.23. The van der Waals surface area contributed by atoms with Gasteiger partial charge in [-0.15, -0.1) is 0 Å². The molecule has 0 radical (unpaired) electrons. The van der Waals surface area contributed by atoms with Crippen LogP contribution in [0.4, 0.5) is 0 Å². The molecule has 0 spiro atoms. The van der Waals surface area contributed by atoms with Crippen LogP contribution in [0.5, 0.6) is 0 Å². The lowest BCUT2D eigenvalue weighted by atomic mass is 9.83. The Morgan fingerprint density at radius 3 is 2.58 bits per heavy atom. The van der Waals surface area contributed by atoms with Gasteiger partial charge in [-0.25, -0.2) is 15.0 Å². The highest BCUT2D eigenvalue weighted by Crippen LogP contribution is 2.38. The van der Waals surface area contributed by atoms with Gasteiger partial charge in [0, 0.05) is 5.92 Å². The molecule has 2 heterocycles. The van der Waals surface area contributed by atoms with Crippen LogP contribution in [-0.4, -0.2) is 20.1 Å². The second-order valence-electron chi connectivity index (χ2n) is 5.54. The molecule has 4 nitrogen and oxygen atoms in total. The van der Waals surface area contributed by atoms with E-state index < -0.39 is 0 Å². The van der Waals surface area contributed by atoms with Gasteiger partial charge in [0.15, 0.2) is 0 Å². The molecular formula is C14H19N3OS. The fraction of sp³-hybridized carbons (Fsp3) is 0.643. The smallest absolute Gasteiger partial charge is 0.147 e. The van der Waals surface area contributed by atoms with Gasteiger partial charge < -0.3 is 5.11 Å². The Morgan fingerprint density at radius 2 is 1.89 bits per heavy atom. The minimum atomic E-state index is -0.0647. The van der Waals surface area contributed by atoms with E-state index in [0.717, 1.165) is 16.3 Å². The number of thiazole rings is 1. The quantitative estimate of drug-likeness (QED) is 0.916. The van der Waals surface area contributed by atoms with Crippen LogP contribution in [0.15, 0.2) is 0 Å². The Bertz CT molecular complexity index is 588. The summed E-state index contributed by atoms with van der Waals surface area (Å²) in [5, 5.41) is 10.6. The fourth-order valence-electron chi connectivity index (χ4n) is 2.80. The Kier molecular flexibility index (Phi) is 3.50. The maximum absolute atomic E-state index is 9.39. The average Bonchev–Trinajstić information content (AvgIpc) is 2.82. The van der Waals surface area contributed by atoms with E-state index in [1.165, 1.54) is 30.7 Å². The van der Waals surface area contributed by atoms with E-state index in [1.807, 2.05) is 6.92 Å². The molecule has 0 bridgehead atoms. The van der Waals surface area contributed by atoms with Crippen molar-refractivity contribution in [3.05, 3.63) is 16.5 Å². The highest BCUT2D eigenvalue weighted by molar-refractivity contribution is 7.18. The van der Waals surface area contributed by atoms with Crippen LogP contribution in [0.2, 0.25) is 0 Å². The van der Waals surface area contributed by atoms with Gasteiger partial charge in [-0.2, -0.15) is 0 Å². The Labute approximate surface area is 116 Å². The normalized spacial score (nSPS) is 23.9. The molecule has 0 aliphatic heterocycles. The van der Waals surface area contributed by atoms with Crippen LogP contribution in [-0.2, 0) is 6.61 Å². The Morgan fingerprint density at radius 1 is 1.16 bits per heavy atom. The first-order chi connectivity index (χ1) is 9.17. The third kappa shape index (κ3) is 2.49. The molecule has 2 aromatic rings. The van der Waals surface area contributed by atoms with Gasteiger partial charge in [0.2, 0.25) is 0 Å². The summed E-state index contributed by atoms with van der Waals surface area (Å²) in [6, 6.07) is 0. The molecule has 102 valence electrons. The molecule has 0 unspecified atom stereocenters. The van der Waals surface area contributed by atoms with Crippen molar-refractivity contribution in [3.8, 4) is 0 Å². The molecule has 3 rings (SSSR count). The summed E-state index contributed by atoms with van der Waals surface area (Å²) in [6.07, 6.45) is 5.03. The van der Waals surface area contributed by atoms with Gasteiger partial charge in [0.25, 0.3) is 0 Å². The van der Waals surface area contributed by atoms with Crippen molar-refractivity contribution in [2.45, 2.75) is 52.1 Å². The number of aryl methyl sites for hydroxylation is 1. The maximum Gasteiger partial charge on any atom is 0.147 e. The number of fused-ring (bicyclic) bond motifs is 1. The molecule has 19 heavy (non-hydrogen) atoms. The number of aliphatic hydroxyl groups excluding tert-OH is 1. The van der Waals surface area contributed by atoms with E-state index in [2.05, 4.69) is 16.9 Å². The van der Waals surface area contributed by atoms with Crippen LogP contribution in [0, 0.1) is 12.8 Å². The second kappa shape index (κ2) is 5.13. The van der Waals surface area contributed by atoms with Gasteiger partial charge in [0.1, 0.15) is 16.2 Å². The average molecular weight is 277 g/mol. The topological polar surface area (TPSA) is 58.9 Å². The zero-order chi connectivity index (χ0) is 13.4. The van der Waals surface area contributed by atoms with Crippen molar-refractivity contribution in [2.24, 2.45) is 5.92 Å². The summed E-state index contributed by atoms with van der Waals surface area (Å²) in [7, 11) is 0. The molecule has 1 fully saturated rings. The molecule has 0 atom stereocenters. The number of aliphatic hydroxyl groups is 1. The lowest BCUT2D eigenvalue weighted by Gasteiger charge is -2.24. The van der Waals surface area contributed by atoms with Crippen molar-refractivity contribution in [3.63, 3.8) is 0 Å². The van der Waals surface area contributed by atoms with Gasteiger partial charge >= 0.3 is 0 Å². The molecule has 1 aliphatic rings. The molecule has 0 amide bonds. The van der Waals surface area contributed by atoms with Crippen molar-refractivity contribution in [2.75, 3.05) is 0 Å². The Hall–Kier alpha value is -1.07. The lowest BCUT2D eigenvalue weighted by molar-refractivity contribution is 0.278. The van der Waals surface area contributed by atoms with Crippen molar-refractivity contribution < 1.29 is 5.11 Å². The third-order valence-electron chi connectivity index (χ3n) is 3.97. The predicted octanol–water partition coefficient (Wildman–Crippen LogP) is 3.18. The largest absolute Gasteiger partial charge is 0.390 e. The van der Waals surface area contributed by atoms with Crippen molar-refractivity contribution in [1.82, 2.24) is 15.0 Å². The van der Waals surface area contributed by atoms with Crippen LogP contribution in [0.25, 0.3) is 10.3 Å². The maximum atomic E-state index is 9.39. The number of hydrogen-bond donors (Lipinski definition) is 1. The van der Waals surface area contributed by atoms with Crippen molar-refractivity contribution >= 4 is 21.7 Å². The van der Waals surface area contributed by atoms with Gasteiger partial charge in [0.05, 0.1) is 17.3 Å². The summed E-state index contributed by atoms with van der Waals surface area (Å²) in [5.74, 6) is 2.13. The van der Waals surface area contributed by atoms with E-state index in [4.69, 9.17) is 4.98 Å². The third-order valence-corrected chi connectivity index (χ3v) is 5.09. The first-order valence-corrected chi connectivity index (χ1v) is 7.74. The van der Waals surface area contributed by atoms with E-state index in [-0.39, 0.29) is 6.61 Å². The summed E-state index contributed by atoms with van der Waals surface area (Å²) in [6.45, 7) is 4.12. The van der Waals surface area contributed by atoms with Crippen LogP contribution >= 0.6 is 11.3 Å². The molecule has 1 saturated carbocycles. The number of aromatic nitrogens is 3. The Balaban J connectivity index is 1.97. The zero-order valence-corrected chi connectivity index (χ0v) is 12.2. The minimum Gasteiger partial charge on any atom is -0.390 e. The first kappa shape index (κ1) is 12.9. The molecule has 1 aliphatic carbocycles. The standard InChI is InChI=1S/C14H19N3OS/c1-8-3-5-10(6-4-8)13-17-12-11(7-18)15-9(2)16-14(12)19-13/h8,10,18H,3-7H2,1-2H3/t8-,10-. The summed E-state index contributed by atoms with van der Waals surface area (Å²) in [4.78, 5) is 14.4. The van der Waals surface area contributed by atoms with E-state index in [1.54, 1.807) is 11.3 Å². The van der Waals surface area contributed by atoms with Crippen molar-refractivity contribution in [1.29, 1.82) is 0 Å². The molecular weight excluding hydrogens is 258 g/mol. The SMILES string of the molecule is Cc1nc(CO)c2nc([C@H]3CC[C@H](C)CC3)sc2n1. The van der Waals surface area contributed by atoms with E-state index in [0.29, 0.717) is 17.4 Å². The molecule has 0 aromatic carbocycles. The molecule has 2 aromatic heterocycles. The van der Waals surface area contributed by atoms with Crippen LogP contribution < -0.4 is 0 Å². The predicted molar refractivity (Wildman–Crippen MR) is 76.2 cm³/mol.